The van der Waals surface area contributed by atoms with Gasteiger partial charge in [0.2, 0.25) is 0 Å². The first-order chi connectivity index (χ1) is 25.2. The van der Waals surface area contributed by atoms with E-state index in [1.807, 2.05) is 0 Å². The van der Waals surface area contributed by atoms with Crippen molar-refractivity contribution in [1.82, 2.24) is 0 Å². The van der Waals surface area contributed by atoms with Crippen LogP contribution in [0.3, 0.4) is 0 Å². The van der Waals surface area contributed by atoms with Crippen LogP contribution in [0.15, 0.2) is 136 Å². The van der Waals surface area contributed by atoms with Gasteiger partial charge in [0.05, 0.1) is 0 Å². The van der Waals surface area contributed by atoms with Crippen LogP contribution in [0.4, 0.5) is 0 Å². The molecule has 0 N–H and O–H groups in total. The molecule has 5 unspecified atom stereocenters. The van der Waals surface area contributed by atoms with Gasteiger partial charge in [0.25, 0.3) is 0 Å². The van der Waals surface area contributed by atoms with E-state index in [-0.39, 0.29) is 0 Å². The molecule has 0 radical (unpaired) electrons. The van der Waals surface area contributed by atoms with Crippen LogP contribution >= 0.6 is 0 Å². The van der Waals surface area contributed by atoms with E-state index in [1.165, 1.54) is 82.2 Å². The van der Waals surface area contributed by atoms with E-state index in [0.717, 1.165) is 12.8 Å². The third kappa shape index (κ3) is 4.52. The fourth-order valence-corrected chi connectivity index (χ4v) is 12.2. The number of allylic oxidation sites excluding steroid dienone is 15. The zero-order valence-corrected chi connectivity index (χ0v) is 32.0. The van der Waals surface area contributed by atoms with E-state index in [4.69, 9.17) is 0 Å². The highest BCUT2D eigenvalue weighted by Gasteiger charge is 2.48. The molecule has 0 spiro atoms. The first-order valence-corrected chi connectivity index (χ1v) is 20.2. The van der Waals surface area contributed by atoms with E-state index in [0.29, 0.717) is 29.6 Å². The predicted octanol–water partition coefficient (Wildman–Crippen LogP) is 13.8. The lowest BCUT2D eigenvalue weighted by Gasteiger charge is -2.43. The quantitative estimate of drug-likeness (QED) is 0.241. The van der Waals surface area contributed by atoms with Gasteiger partial charge in [0.1, 0.15) is 0 Å². The van der Waals surface area contributed by atoms with Gasteiger partial charge in [-0.25, -0.2) is 0 Å². The molecule has 10 rings (SSSR count). The highest BCUT2D eigenvalue weighted by molar-refractivity contribution is 5.93. The monoisotopic (exact) mass is 676 g/mol. The van der Waals surface area contributed by atoms with Gasteiger partial charge in [-0.2, -0.15) is 0 Å². The Morgan fingerprint density at radius 3 is 2.00 bits per heavy atom. The lowest BCUT2D eigenvalue weighted by Crippen LogP contribution is -2.27. The molecule has 0 heteroatoms. The Balaban J connectivity index is 1.10. The molecule has 0 aromatic heterocycles. The van der Waals surface area contributed by atoms with Gasteiger partial charge in [-0.3, -0.25) is 0 Å². The summed E-state index contributed by atoms with van der Waals surface area (Å²) < 4.78 is 0. The maximum atomic E-state index is 4.36. The summed E-state index contributed by atoms with van der Waals surface area (Å²) in [7, 11) is 0. The zero-order chi connectivity index (χ0) is 35.6. The molecule has 0 amide bonds. The molecule has 260 valence electrons. The minimum absolute atomic E-state index is 0.458. The summed E-state index contributed by atoms with van der Waals surface area (Å²) in [4.78, 5) is 0. The third-order valence-electron chi connectivity index (χ3n) is 14.4. The Hall–Kier alpha value is -4.42. The Kier molecular flexibility index (Phi) is 7.31. The van der Waals surface area contributed by atoms with Crippen LogP contribution in [0.5, 0.6) is 0 Å². The summed E-state index contributed by atoms with van der Waals surface area (Å²) in [6.07, 6.45) is 18.3. The Morgan fingerprint density at radius 2 is 1.31 bits per heavy atom. The second-order valence-electron chi connectivity index (χ2n) is 17.3. The van der Waals surface area contributed by atoms with Crippen molar-refractivity contribution >= 4 is 11.1 Å². The van der Waals surface area contributed by atoms with E-state index >= 15 is 0 Å². The van der Waals surface area contributed by atoms with Crippen LogP contribution in [0.1, 0.15) is 104 Å². The van der Waals surface area contributed by atoms with Gasteiger partial charge in [-0.15, -0.1) is 0 Å². The number of fused-ring (bicyclic) bond motifs is 6. The first kappa shape index (κ1) is 32.2. The highest BCUT2D eigenvalue weighted by atomic mass is 14.5. The summed E-state index contributed by atoms with van der Waals surface area (Å²) in [5.41, 5.74) is 31.1. The van der Waals surface area contributed by atoms with Crippen molar-refractivity contribution in [3.05, 3.63) is 175 Å². The summed E-state index contributed by atoms with van der Waals surface area (Å²) in [5, 5.41) is 0. The average molecular weight is 677 g/mol. The van der Waals surface area contributed by atoms with Crippen LogP contribution < -0.4 is 0 Å². The highest BCUT2D eigenvalue weighted by Crippen LogP contribution is 2.64. The fraction of sp³-hybridized carbons (Fsp3) is 0.346. The molecule has 0 saturated heterocycles. The smallest absolute Gasteiger partial charge is 0.0145 e. The van der Waals surface area contributed by atoms with Gasteiger partial charge < -0.3 is 0 Å². The maximum Gasteiger partial charge on any atom is 0.0145 e. The van der Waals surface area contributed by atoms with Crippen LogP contribution in [-0.2, 0) is 0 Å². The Bertz CT molecular complexity index is 2320. The molecule has 52 heavy (non-hydrogen) atoms. The number of hydrogen-bond acceptors (Lipinski definition) is 0. The summed E-state index contributed by atoms with van der Waals surface area (Å²) in [5.74, 6) is 2.69. The molecule has 1 fully saturated rings. The second-order valence-corrected chi connectivity index (χ2v) is 17.3. The van der Waals surface area contributed by atoms with Gasteiger partial charge in [-0.1, -0.05) is 93.3 Å². The third-order valence-corrected chi connectivity index (χ3v) is 14.4. The first-order valence-electron chi connectivity index (χ1n) is 20.2. The van der Waals surface area contributed by atoms with Crippen molar-refractivity contribution in [2.75, 3.05) is 0 Å². The van der Waals surface area contributed by atoms with E-state index in [2.05, 4.69) is 127 Å². The molecule has 0 bridgehead atoms. The Morgan fingerprint density at radius 1 is 0.673 bits per heavy atom. The second kappa shape index (κ2) is 11.8. The lowest BCUT2D eigenvalue weighted by atomic mass is 9.61. The van der Waals surface area contributed by atoms with Crippen LogP contribution in [0.25, 0.3) is 22.3 Å². The van der Waals surface area contributed by atoms with E-state index < -0.39 is 0 Å². The number of rotatable bonds is 4. The minimum atomic E-state index is 0.458. The number of hydrogen-bond donors (Lipinski definition) is 0. The van der Waals surface area contributed by atoms with Gasteiger partial charge in [0.15, 0.2) is 0 Å². The largest absolute Gasteiger partial charge is 0.0985 e. The number of aryl methyl sites for hydroxylation is 4. The molecule has 1 saturated carbocycles. The van der Waals surface area contributed by atoms with E-state index in [1.54, 1.807) is 61.3 Å². The molecule has 0 heterocycles. The van der Waals surface area contributed by atoms with Crippen LogP contribution in [0, 0.1) is 51.4 Å². The van der Waals surface area contributed by atoms with Crippen molar-refractivity contribution in [3.8, 4) is 11.1 Å². The van der Waals surface area contributed by atoms with Crippen molar-refractivity contribution < 1.29 is 0 Å². The molecule has 0 aliphatic heterocycles. The standard InChI is InChI=1S/C52H52/c1-8-34(47-28(2)11-9-12-29(47)3)23-37-24-35-17-15-32(6)49-40-21-22-41-45(44(40)26-42(37)51(35)49)27-46-43-25-36(48-30(4)13-10-14-31(48)5)18-20-38(43)39-19-16-33(7)50(41)52(39)46/h8-14,17-20,23,25,32-33,37,42,46H,1,15-16,21-22,24,26-27H2,2-7H3. The van der Waals surface area contributed by atoms with Crippen molar-refractivity contribution in [3.63, 3.8) is 0 Å². The van der Waals surface area contributed by atoms with Crippen molar-refractivity contribution in [2.24, 2.45) is 23.7 Å². The minimum Gasteiger partial charge on any atom is -0.0985 e. The molecular weight excluding hydrogens is 625 g/mol. The molecule has 5 atom stereocenters. The number of benzene rings is 3. The van der Waals surface area contributed by atoms with Crippen LogP contribution in [0.2, 0.25) is 0 Å². The molecule has 7 aliphatic carbocycles. The fourth-order valence-electron chi connectivity index (χ4n) is 12.2. The molecular formula is C52H52. The van der Waals surface area contributed by atoms with Gasteiger partial charge in [0, 0.05) is 5.92 Å². The predicted molar refractivity (Wildman–Crippen MR) is 220 cm³/mol. The maximum absolute atomic E-state index is 4.36. The molecule has 0 nitrogen and oxygen atoms in total. The molecule has 3 aromatic carbocycles. The summed E-state index contributed by atoms with van der Waals surface area (Å²) in [6, 6.07) is 20.9. The average Bonchev–Trinajstić information content (AvgIpc) is 3.64. The van der Waals surface area contributed by atoms with E-state index in [9.17, 15) is 0 Å². The van der Waals surface area contributed by atoms with Gasteiger partial charge in [-0.05, 0) is 214 Å². The summed E-state index contributed by atoms with van der Waals surface area (Å²) >= 11 is 0. The van der Waals surface area contributed by atoms with Crippen LogP contribution in [-0.4, -0.2) is 0 Å². The molecule has 3 aromatic rings. The Labute approximate surface area is 311 Å². The van der Waals surface area contributed by atoms with Crippen molar-refractivity contribution in [1.29, 1.82) is 0 Å². The van der Waals surface area contributed by atoms with Crippen molar-refractivity contribution in [2.45, 2.75) is 92.4 Å². The lowest BCUT2D eigenvalue weighted by molar-refractivity contribution is 0.481. The SMILES string of the molecule is C=CC(=CC1CC2=CCC(C)C3=C2C1CC1=C3CCC2=C1CC1C3=C2C(C)CC=C3c2ccc(-c3c(C)cccc3C)cc21)c1c(C)cccc1C. The zero-order valence-electron chi connectivity index (χ0n) is 32.0. The molecule has 7 aliphatic rings. The normalized spacial score (nSPS) is 27.2. The van der Waals surface area contributed by atoms with Gasteiger partial charge >= 0.3 is 0 Å². The summed E-state index contributed by atoms with van der Waals surface area (Å²) in [6.45, 7) is 18.5. The topological polar surface area (TPSA) is 0 Å².